The number of amides is 1. The highest BCUT2D eigenvalue weighted by molar-refractivity contribution is 5.91. The normalized spacial score (nSPS) is 26.3. The van der Waals surface area contributed by atoms with Crippen LogP contribution in [-0.2, 0) is 4.79 Å². The number of likely N-dealkylation sites (tertiary alicyclic amines) is 1. The molecule has 2 rings (SSSR count). The lowest BCUT2D eigenvalue weighted by atomic mass is 9.92. The van der Waals surface area contributed by atoms with Crippen LogP contribution < -0.4 is 10.2 Å². The van der Waals surface area contributed by atoms with Crippen molar-refractivity contribution in [1.29, 1.82) is 0 Å². The Morgan fingerprint density at radius 2 is 1.90 bits per heavy atom. The van der Waals surface area contributed by atoms with Crippen molar-refractivity contribution >= 4 is 11.6 Å². The van der Waals surface area contributed by atoms with Crippen LogP contribution in [0.4, 0.5) is 14.5 Å². The quantitative estimate of drug-likeness (QED) is 0.865. The topological polar surface area (TPSA) is 33.5 Å². The van der Waals surface area contributed by atoms with Crippen LogP contribution in [0.5, 0.6) is 0 Å². The zero-order valence-electron chi connectivity index (χ0n) is 11.9. The summed E-state index contributed by atoms with van der Waals surface area (Å²) in [5.74, 6) is -0.787. The molecule has 0 aliphatic carbocycles. The van der Waals surface area contributed by atoms with E-state index >= 15 is 0 Å². The van der Waals surface area contributed by atoms with Crippen LogP contribution in [0.1, 0.15) is 20.3 Å². The Balaban J connectivity index is 1.90. The van der Waals surface area contributed by atoms with E-state index in [1.54, 1.807) is 0 Å². The number of rotatable bonds is 3. The maximum Gasteiger partial charge on any atom is 0.279 e. The van der Waals surface area contributed by atoms with E-state index < -0.39 is 11.6 Å². The maximum absolute atomic E-state index is 13.1. The average molecular weight is 283 g/mol. The molecule has 1 fully saturated rings. The van der Waals surface area contributed by atoms with Crippen LogP contribution in [0.3, 0.4) is 0 Å². The molecule has 110 valence electrons. The molecule has 1 heterocycles. The largest absolute Gasteiger partial charge is 0.327 e. The van der Waals surface area contributed by atoms with Gasteiger partial charge in [-0.25, -0.2) is 8.78 Å². The SMILES string of the molecule is C[C@@H]1C[C@@H](C)C[NH+](CC(=O)Nc2ccc(F)c(F)c2)C1. The minimum Gasteiger partial charge on any atom is -0.327 e. The molecule has 1 amide bonds. The molecule has 1 aliphatic rings. The number of benzene rings is 1. The van der Waals surface area contributed by atoms with Gasteiger partial charge >= 0.3 is 0 Å². The Labute approximate surface area is 118 Å². The summed E-state index contributed by atoms with van der Waals surface area (Å²) in [5, 5.41) is 2.62. The Morgan fingerprint density at radius 1 is 1.25 bits per heavy atom. The number of carbonyl (C=O) groups is 1. The first-order valence-corrected chi connectivity index (χ1v) is 7.02. The molecule has 0 radical (unpaired) electrons. The fourth-order valence-corrected chi connectivity index (χ4v) is 3.07. The molecule has 0 unspecified atom stereocenters. The van der Waals surface area contributed by atoms with Gasteiger partial charge in [0.1, 0.15) is 0 Å². The highest BCUT2D eigenvalue weighted by atomic mass is 19.2. The van der Waals surface area contributed by atoms with E-state index in [1.807, 2.05) is 0 Å². The van der Waals surface area contributed by atoms with Crippen LogP contribution >= 0.6 is 0 Å². The zero-order valence-corrected chi connectivity index (χ0v) is 11.9. The lowest BCUT2D eigenvalue weighted by Crippen LogP contribution is -3.15. The highest BCUT2D eigenvalue weighted by Crippen LogP contribution is 2.13. The Morgan fingerprint density at radius 3 is 2.50 bits per heavy atom. The molecular formula is C15H21F2N2O+. The first-order chi connectivity index (χ1) is 9.44. The van der Waals surface area contributed by atoms with E-state index in [9.17, 15) is 13.6 Å². The van der Waals surface area contributed by atoms with Crippen LogP contribution in [0, 0.1) is 23.5 Å². The maximum atomic E-state index is 13.1. The van der Waals surface area contributed by atoms with Gasteiger partial charge in [-0.3, -0.25) is 4.79 Å². The van der Waals surface area contributed by atoms with Crippen molar-refractivity contribution in [1.82, 2.24) is 0 Å². The van der Waals surface area contributed by atoms with Gasteiger partial charge in [0.25, 0.3) is 5.91 Å². The molecule has 1 aliphatic heterocycles. The summed E-state index contributed by atoms with van der Waals surface area (Å²) in [6.07, 6.45) is 1.20. The Hall–Kier alpha value is -1.49. The molecule has 1 aromatic rings. The fourth-order valence-electron chi connectivity index (χ4n) is 3.07. The third-order valence-corrected chi connectivity index (χ3v) is 3.69. The van der Waals surface area contributed by atoms with Crippen molar-refractivity contribution in [2.75, 3.05) is 25.0 Å². The van der Waals surface area contributed by atoms with Crippen molar-refractivity contribution in [2.45, 2.75) is 20.3 Å². The van der Waals surface area contributed by atoms with Crippen LogP contribution in [0.2, 0.25) is 0 Å². The van der Waals surface area contributed by atoms with E-state index in [0.29, 0.717) is 24.1 Å². The predicted molar refractivity (Wildman–Crippen MR) is 73.5 cm³/mol. The average Bonchev–Trinajstić information content (AvgIpc) is 2.32. The van der Waals surface area contributed by atoms with Crippen molar-refractivity contribution in [3.63, 3.8) is 0 Å². The number of hydrogen-bond acceptors (Lipinski definition) is 1. The van der Waals surface area contributed by atoms with E-state index in [-0.39, 0.29) is 5.91 Å². The van der Waals surface area contributed by atoms with Crippen LogP contribution in [0.15, 0.2) is 18.2 Å². The first-order valence-electron chi connectivity index (χ1n) is 7.02. The smallest absolute Gasteiger partial charge is 0.279 e. The summed E-state index contributed by atoms with van der Waals surface area (Å²) in [5.41, 5.74) is 0.298. The minimum absolute atomic E-state index is 0.160. The molecule has 0 bridgehead atoms. The summed E-state index contributed by atoms with van der Waals surface area (Å²) in [6, 6.07) is 3.39. The van der Waals surface area contributed by atoms with Gasteiger partial charge in [-0.2, -0.15) is 0 Å². The van der Waals surface area contributed by atoms with Crippen molar-refractivity contribution in [3.05, 3.63) is 29.8 Å². The van der Waals surface area contributed by atoms with Crippen molar-refractivity contribution in [3.8, 4) is 0 Å². The second-order valence-corrected chi connectivity index (χ2v) is 5.96. The molecule has 3 nitrogen and oxygen atoms in total. The molecule has 0 spiro atoms. The van der Waals surface area contributed by atoms with E-state index in [2.05, 4.69) is 19.2 Å². The third kappa shape index (κ3) is 4.00. The summed E-state index contributed by atoms with van der Waals surface area (Å²) < 4.78 is 25.9. The molecule has 0 aromatic heterocycles. The highest BCUT2D eigenvalue weighted by Gasteiger charge is 2.26. The van der Waals surface area contributed by atoms with E-state index in [1.165, 1.54) is 17.4 Å². The summed E-state index contributed by atoms with van der Waals surface area (Å²) >= 11 is 0. The first kappa shape index (κ1) is 14.9. The number of piperidine rings is 1. The summed E-state index contributed by atoms with van der Waals surface area (Å²) in [4.78, 5) is 13.2. The van der Waals surface area contributed by atoms with Crippen molar-refractivity contribution < 1.29 is 18.5 Å². The number of nitrogens with one attached hydrogen (secondary N) is 2. The second kappa shape index (κ2) is 6.31. The molecule has 20 heavy (non-hydrogen) atoms. The van der Waals surface area contributed by atoms with Gasteiger partial charge in [-0.15, -0.1) is 0 Å². The number of anilines is 1. The van der Waals surface area contributed by atoms with Crippen LogP contribution in [-0.4, -0.2) is 25.5 Å². The molecule has 1 aromatic carbocycles. The van der Waals surface area contributed by atoms with Gasteiger partial charge in [-0.1, -0.05) is 13.8 Å². The van der Waals surface area contributed by atoms with Gasteiger partial charge in [-0.05, 0) is 18.6 Å². The van der Waals surface area contributed by atoms with Gasteiger partial charge in [0.2, 0.25) is 0 Å². The summed E-state index contributed by atoms with van der Waals surface area (Å²) in [7, 11) is 0. The standard InChI is InChI=1S/C15H20F2N2O/c1-10-5-11(2)8-19(7-10)9-15(20)18-12-3-4-13(16)14(17)6-12/h3-4,6,10-11H,5,7-9H2,1-2H3,(H,18,20)/p+1/t10-,11-/m1/s1. The summed E-state index contributed by atoms with van der Waals surface area (Å²) in [6.45, 7) is 6.73. The number of halogens is 2. The molecule has 5 heteroatoms. The van der Waals surface area contributed by atoms with E-state index in [0.717, 1.165) is 25.2 Å². The molecular weight excluding hydrogens is 262 g/mol. The second-order valence-electron chi connectivity index (χ2n) is 5.96. The Bertz CT molecular complexity index is 483. The minimum atomic E-state index is -0.949. The monoisotopic (exact) mass is 283 g/mol. The van der Waals surface area contributed by atoms with Gasteiger partial charge in [0, 0.05) is 23.6 Å². The number of carbonyl (C=O) groups excluding carboxylic acids is 1. The fraction of sp³-hybridized carbons (Fsp3) is 0.533. The van der Waals surface area contributed by atoms with Crippen molar-refractivity contribution in [2.24, 2.45) is 11.8 Å². The van der Waals surface area contributed by atoms with Crippen LogP contribution in [0.25, 0.3) is 0 Å². The predicted octanol–water partition coefficient (Wildman–Crippen LogP) is 1.46. The molecule has 2 atom stereocenters. The van der Waals surface area contributed by atoms with E-state index in [4.69, 9.17) is 0 Å². The number of quaternary nitrogens is 1. The molecule has 1 saturated heterocycles. The van der Waals surface area contributed by atoms with Gasteiger partial charge in [0.05, 0.1) is 13.1 Å². The molecule has 2 N–H and O–H groups in total. The lowest BCUT2D eigenvalue weighted by molar-refractivity contribution is -0.904. The third-order valence-electron chi connectivity index (χ3n) is 3.69. The van der Waals surface area contributed by atoms with Gasteiger partial charge in [0.15, 0.2) is 18.2 Å². The zero-order chi connectivity index (χ0) is 14.7. The molecule has 0 saturated carbocycles. The Kier molecular flexibility index (Phi) is 4.70. The lowest BCUT2D eigenvalue weighted by Gasteiger charge is -2.31. The number of hydrogen-bond donors (Lipinski definition) is 2. The van der Waals surface area contributed by atoms with Gasteiger partial charge < -0.3 is 10.2 Å².